The molecule has 2 aromatic rings. The average Bonchev–Trinajstić information content (AvgIpc) is 3.46. The number of hydrogen-bond donors (Lipinski definition) is 0. The number of aromatic nitrogens is 1. The summed E-state index contributed by atoms with van der Waals surface area (Å²) < 4.78 is 41.4. The van der Waals surface area contributed by atoms with E-state index in [0.717, 1.165) is 23.8 Å². The van der Waals surface area contributed by atoms with E-state index in [1.807, 2.05) is 0 Å². The Hall–Kier alpha value is -2.02. The number of halogens is 4. The molecule has 0 atom stereocenters. The molecule has 1 aromatic carbocycles. The summed E-state index contributed by atoms with van der Waals surface area (Å²) in [5.41, 5.74) is -0.400. The minimum absolute atomic E-state index is 0.0393. The first-order valence-electron chi connectivity index (χ1n) is 8.50. The monoisotopic (exact) mass is 384 g/mol. The van der Waals surface area contributed by atoms with Crippen LogP contribution in [0.1, 0.15) is 42.1 Å². The Morgan fingerprint density at radius 1 is 1.27 bits per heavy atom. The Morgan fingerprint density at radius 2 is 1.96 bits per heavy atom. The fraction of sp³-hybridized carbons (Fsp3) is 0.444. The number of amides is 1. The zero-order chi connectivity index (χ0) is 18.6. The molecule has 138 valence electrons. The van der Waals surface area contributed by atoms with Crippen molar-refractivity contribution in [3.63, 3.8) is 0 Å². The molecule has 8 heteroatoms. The minimum Gasteiger partial charge on any atom is -0.343 e. The molecule has 2 fully saturated rings. The van der Waals surface area contributed by atoms with Crippen LogP contribution in [0.2, 0.25) is 5.02 Å². The maximum atomic E-state index is 13.9. The van der Waals surface area contributed by atoms with E-state index < -0.39 is 30.1 Å². The number of carbonyl (C=O) groups excluding carboxylic acids is 1. The van der Waals surface area contributed by atoms with Gasteiger partial charge in [-0.15, -0.1) is 0 Å². The number of fused-ring (bicyclic) bond motifs is 1. The van der Waals surface area contributed by atoms with Crippen molar-refractivity contribution in [2.24, 2.45) is 0 Å². The fourth-order valence-corrected chi connectivity index (χ4v) is 3.40. The van der Waals surface area contributed by atoms with E-state index >= 15 is 0 Å². The van der Waals surface area contributed by atoms with Gasteiger partial charge in [0.25, 0.3) is 12.3 Å². The maximum Gasteiger partial charge on any atom is 0.259 e. The van der Waals surface area contributed by atoms with Crippen molar-refractivity contribution >= 4 is 28.4 Å². The highest BCUT2D eigenvalue weighted by molar-refractivity contribution is 6.31. The molecule has 0 saturated heterocycles. The number of carbonyl (C=O) groups is 1. The van der Waals surface area contributed by atoms with Crippen molar-refractivity contribution in [2.45, 2.75) is 44.2 Å². The third-order valence-electron chi connectivity index (χ3n) is 4.83. The van der Waals surface area contributed by atoms with E-state index in [0.29, 0.717) is 18.4 Å². The second-order valence-electron chi connectivity index (χ2n) is 6.87. The van der Waals surface area contributed by atoms with E-state index in [2.05, 4.69) is 0 Å². The normalized spacial score (nSPS) is 17.1. The molecule has 0 unspecified atom stereocenters. The average molecular weight is 385 g/mol. The van der Waals surface area contributed by atoms with Crippen molar-refractivity contribution in [2.75, 3.05) is 6.54 Å². The zero-order valence-corrected chi connectivity index (χ0v) is 14.5. The number of benzene rings is 1. The molecule has 1 amide bonds. The van der Waals surface area contributed by atoms with Crippen molar-refractivity contribution in [1.82, 2.24) is 9.47 Å². The second-order valence-corrected chi connectivity index (χ2v) is 7.28. The molecule has 4 nitrogen and oxygen atoms in total. The lowest BCUT2D eigenvalue weighted by molar-refractivity contribution is 0.0532. The Bertz CT molecular complexity index is 952. The predicted octanol–water partition coefficient (Wildman–Crippen LogP) is 4.00. The lowest BCUT2D eigenvalue weighted by Gasteiger charge is -2.22. The van der Waals surface area contributed by atoms with Gasteiger partial charge in [0.15, 0.2) is 0 Å². The van der Waals surface area contributed by atoms with Gasteiger partial charge < -0.3 is 9.47 Å². The molecule has 0 N–H and O–H groups in total. The van der Waals surface area contributed by atoms with Crippen molar-refractivity contribution < 1.29 is 18.0 Å². The van der Waals surface area contributed by atoms with Crippen LogP contribution in [0.3, 0.4) is 0 Å². The van der Waals surface area contributed by atoms with E-state index in [4.69, 9.17) is 11.6 Å². The molecule has 1 heterocycles. The summed E-state index contributed by atoms with van der Waals surface area (Å²) in [6.45, 7) is -0.709. The van der Waals surface area contributed by atoms with Gasteiger partial charge >= 0.3 is 0 Å². The van der Waals surface area contributed by atoms with Gasteiger partial charge in [-0.25, -0.2) is 13.2 Å². The van der Waals surface area contributed by atoms with E-state index in [-0.39, 0.29) is 28.1 Å². The summed E-state index contributed by atoms with van der Waals surface area (Å²) in [4.78, 5) is 26.7. The molecule has 0 bridgehead atoms. The van der Waals surface area contributed by atoms with Crippen LogP contribution in [0.25, 0.3) is 10.9 Å². The van der Waals surface area contributed by atoms with E-state index in [9.17, 15) is 22.8 Å². The molecule has 0 spiro atoms. The molecule has 2 aliphatic rings. The Labute approximate surface area is 152 Å². The third-order valence-corrected chi connectivity index (χ3v) is 5.12. The van der Waals surface area contributed by atoms with Crippen LogP contribution in [-0.4, -0.2) is 34.4 Å². The predicted molar refractivity (Wildman–Crippen MR) is 91.5 cm³/mol. The molecule has 1 aromatic heterocycles. The highest BCUT2D eigenvalue weighted by atomic mass is 35.5. The minimum atomic E-state index is -2.68. The molecule has 2 aliphatic carbocycles. The van der Waals surface area contributed by atoms with Crippen LogP contribution in [-0.2, 0) is 0 Å². The summed E-state index contributed by atoms with van der Waals surface area (Å²) in [6.07, 6.45) is 1.76. The molecule has 4 rings (SSSR count). The summed E-state index contributed by atoms with van der Waals surface area (Å²) in [7, 11) is 0. The first-order chi connectivity index (χ1) is 12.4. The summed E-state index contributed by atoms with van der Waals surface area (Å²) in [6, 6.07) is 2.22. The highest BCUT2D eigenvalue weighted by Gasteiger charge is 2.36. The quantitative estimate of drug-likeness (QED) is 0.782. The van der Waals surface area contributed by atoms with Gasteiger partial charge in [0.2, 0.25) is 5.43 Å². The van der Waals surface area contributed by atoms with Crippen molar-refractivity contribution in [3.05, 3.63) is 45.0 Å². The van der Waals surface area contributed by atoms with E-state index in [1.165, 1.54) is 12.3 Å². The Balaban J connectivity index is 1.87. The maximum absolute atomic E-state index is 13.9. The highest BCUT2D eigenvalue weighted by Crippen LogP contribution is 2.38. The van der Waals surface area contributed by atoms with E-state index in [1.54, 1.807) is 4.57 Å². The van der Waals surface area contributed by atoms with Crippen LogP contribution in [0.15, 0.2) is 23.1 Å². The van der Waals surface area contributed by atoms with Crippen LogP contribution in [0, 0.1) is 5.82 Å². The van der Waals surface area contributed by atoms with Crippen LogP contribution >= 0.6 is 11.6 Å². The van der Waals surface area contributed by atoms with Gasteiger partial charge in [0.05, 0.1) is 17.1 Å². The lowest BCUT2D eigenvalue weighted by Crippen LogP contribution is -2.39. The van der Waals surface area contributed by atoms with Gasteiger partial charge in [-0.1, -0.05) is 11.6 Å². The van der Waals surface area contributed by atoms with Gasteiger partial charge in [-0.2, -0.15) is 0 Å². The summed E-state index contributed by atoms with van der Waals surface area (Å²) >= 11 is 5.85. The van der Waals surface area contributed by atoms with Crippen molar-refractivity contribution in [1.29, 1.82) is 0 Å². The van der Waals surface area contributed by atoms with Gasteiger partial charge in [0, 0.05) is 23.7 Å². The molecule has 2 saturated carbocycles. The van der Waals surface area contributed by atoms with Crippen molar-refractivity contribution in [3.8, 4) is 0 Å². The topological polar surface area (TPSA) is 42.3 Å². The summed E-state index contributed by atoms with van der Waals surface area (Å²) in [5.74, 6) is -1.47. The number of alkyl halides is 2. The Kier molecular flexibility index (Phi) is 4.22. The molecule has 0 aliphatic heterocycles. The molecular weight excluding hydrogens is 369 g/mol. The fourth-order valence-electron chi connectivity index (χ4n) is 3.24. The SMILES string of the molecule is O=C(c1cn(C2CC2)c2cc(Cl)c(F)cc2c1=O)N(CC(F)F)C1CC1. The smallest absolute Gasteiger partial charge is 0.259 e. The largest absolute Gasteiger partial charge is 0.343 e. The van der Waals surface area contributed by atoms with Gasteiger partial charge in [-0.3, -0.25) is 9.59 Å². The second kappa shape index (κ2) is 6.30. The van der Waals surface area contributed by atoms with Gasteiger partial charge in [0.1, 0.15) is 11.4 Å². The molecule has 26 heavy (non-hydrogen) atoms. The van der Waals surface area contributed by atoms with Crippen LogP contribution < -0.4 is 5.43 Å². The third kappa shape index (κ3) is 3.09. The zero-order valence-electron chi connectivity index (χ0n) is 13.7. The van der Waals surface area contributed by atoms with Gasteiger partial charge in [-0.05, 0) is 37.8 Å². The number of rotatable bonds is 5. The first-order valence-corrected chi connectivity index (χ1v) is 8.87. The molecule has 0 radical (unpaired) electrons. The molecular formula is C18H16ClF3N2O2. The number of nitrogens with zero attached hydrogens (tertiary/aromatic N) is 2. The van der Waals surface area contributed by atoms with Crippen LogP contribution in [0.4, 0.5) is 13.2 Å². The number of hydrogen-bond acceptors (Lipinski definition) is 2. The number of pyridine rings is 1. The lowest BCUT2D eigenvalue weighted by atomic mass is 10.1. The summed E-state index contributed by atoms with van der Waals surface area (Å²) in [5, 5.41) is -0.0693. The first kappa shape index (κ1) is 17.4. The Morgan fingerprint density at radius 3 is 2.54 bits per heavy atom. The standard InChI is InChI=1S/C18H16ClF3N2O2/c19-13-6-15-11(5-14(13)20)17(25)12(7-23(15)9-1-2-9)18(26)24(8-16(21)22)10-3-4-10/h5-7,9-10,16H,1-4,8H2. The van der Waals surface area contributed by atoms with Crippen LogP contribution in [0.5, 0.6) is 0 Å².